The van der Waals surface area contributed by atoms with Crippen molar-refractivity contribution in [2.24, 2.45) is 0 Å². The second-order valence-corrected chi connectivity index (χ2v) is 7.15. The van der Waals surface area contributed by atoms with Crippen LogP contribution in [0, 0.1) is 0 Å². The maximum Gasteiger partial charge on any atom is 0.218 e. The number of nitrogen functional groups attached to an aromatic ring is 1. The molecule has 1 aromatic rings. The van der Waals surface area contributed by atoms with E-state index in [-0.39, 0.29) is 11.8 Å². The Labute approximate surface area is 115 Å². The van der Waals surface area contributed by atoms with Gasteiger partial charge in [-0.05, 0) is 31.7 Å². The maximum atomic E-state index is 12.4. The summed E-state index contributed by atoms with van der Waals surface area (Å²) in [6.45, 7) is 3.96. The third-order valence-corrected chi connectivity index (χ3v) is 5.46. The fourth-order valence-electron chi connectivity index (χ4n) is 2.18. The number of nitrogens with two attached hydrogens (primary N) is 1. The highest BCUT2D eigenvalue weighted by molar-refractivity contribution is 7.88. The molecule has 1 aliphatic rings. The van der Waals surface area contributed by atoms with Crippen LogP contribution in [-0.4, -0.2) is 50.3 Å². The van der Waals surface area contributed by atoms with E-state index in [0.717, 1.165) is 12.1 Å². The van der Waals surface area contributed by atoms with Gasteiger partial charge in [-0.3, -0.25) is 0 Å². The Hall–Kier alpha value is -1.11. The topological polar surface area (TPSA) is 66.6 Å². The number of piperazine rings is 1. The Morgan fingerprint density at radius 1 is 1.26 bits per heavy atom. The van der Waals surface area contributed by atoms with Gasteiger partial charge in [0.1, 0.15) is 0 Å². The highest BCUT2D eigenvalue weighted by Gasteiger charge is 2.29. The number of likely N-dealkylation sites (N-methyl/N-ethyl adjacent to an activating group) is 1. The first kappa shape index (κ1) is 14.3. The van der Waals surface area contributed by atoms with Gasteiger partial charge < -0.3 is 10.6 Å². The summed E-state index contributed by atoms with van der Waals surface area (Å²) in [6, 6.07) is 7.27. The fourth-order valence-corrected chi connectivity index (χ4v) is 3.78. The molecular weight excluding hydrogens is 262 g/mol. The van der Waals surface area contributed by atoms with E-state index in [2.05, 4.69) is 4.90 Å². The molecule has 1 aliphatic heterocycles. The van der Waals surface area contributed by atoms with Crippen molar-refractivity contribution in [1.82, 2.24) is 9.21 Å². The first-order valence-corrected chi connectivity index (χ1v) is 8.02. The third kappa shape index (κ3) is 3.46. The van der Waals surface area contributed by atoms with Crippen molar-refractivity contribution >= 4 is 15.7 Å². The van der Waals surface area contributed by atoms with Gasteiger partial charge in [0, 0.05) is 31.4 Å². The summed E-state index contributed by atoms with van der Waals surface area (Å²) in [5.74, 6) is 0.0454. The summed E-state index contributed by atoms with van der Waals surface area (Å²) in [4.78, 5) is 2.18. The average Bonchev–Trinajstić information content (AvgIpc) is 2.35. The fraction of sp³-hybridized carbons (Fsp3) is 0.538. The molecule has 0 spiro atoms. The van der Waals surface area contributed by atoms with E-state index in [1.165, 1.54) is 0 Å². The van der Waals surface area contributed by atoms with Crippen molar-refractivity contribution in [2.75, 3.05) is 32.4 Å². The van der Waals surface area contributed by atoms with E-state index < -0.39 is 10.0 Å². The number of benzene rings is 1. The molecule has 1 atom stereocenters. The summed E-state index contributed by atoms with van der Waals surface area (Å²) in [5.41, 5.74) is 7.03. The highest BCUT2D eigenvalue weighted by Crippen LogP contribution is 2.16. The lowest BCUT2D eigenvalue weighted by Crippen LogP contribution is -2.52. The van der Waals surface area contributed by atoms with Crippen LogP contribution in [0.25, 0.3) is 0 Å². The quantitative estimate of drug-likeness (QED) is 0.831. The van der Waals surface area contributed by atoms with Crippen LogP contribution in [0.4, 0.5) is 5.69 Å². The van der Waals surface area contributed by atoms with Gasteiger partial charge in [0.25, 0.3) is 0 Å². The van der Waals surface area contributed by atoms with Gasteiger partial charge in [-0.15, -0.1) is 0 Å². The molecule has 1 unspecified atom stereocenters. The van der Waals surface area contributed by atoms with Gasteiger partial charge in [0.2, 0.25) is 10.0 Å². The average molecular weight is 283 g/mol. The molecule has 0 amide bonds. The number of nitrogens with zero attached hydrogens (tertiary/aromatic N) is 2. The Kier molecular flexibility index (Phi) is 4.13. The van der Waals surface area contributed by atoms with Crippen molar-refractivity contribution in [3.8, 4) is 0 Å². The van der Waals surface area contributed by atoms with Crippen molar-refractivity contribution in [3.63, 3.8) is 0 Å². The second-order valence-electron chi connectivity index (χ2n) is 5.19. The molecule has 0 aliphatic carbocycles. The molecule has 19 heavy (non-hydrogen) atoms. The molecule has 1 aromatic carbocycles. The molecule has 5 nitrogen and oxygen atoms in total. The molecular formula is C13H21N3O2S. The van der Waals surface area contributed by atoms with Crippen molar-refractivity contribution < 1.29 is 8.42 Å². The zero-order chi connectivity index (χ0) is 14.0. The molecule has 0 aromatic heterocycles. The minimum atomic E-state index is -3.24. The zero-order valence-corrected chi connectivity index (χ0v) is 12.2. The standard InChI is InChI=1S/C13H21N3O2S/c1-11-9-16(8-7-15(11)2)19(17,18)10-12-3-5-13(14)6-4-12/h3-6,11H,7-10,14H2,1-2H3. The second kappa shape index (κ2) is 5.48. The first-order valence-electron chi connectivity index (χ1n) is 6.41. The van der Waals surface area contributed by atoms with E-state index in [1.54, 1.807) is 28.6 Å². The van der Waals surface area contributed by atoms with Crippen LogP contribution >= 0.6 is 0 Å². The summed E-state index contributed by atoms with van der Waals surface area (Å²) in [6.07, 6.45) is 0. The van der Waals surface area contributed by atoms with E-state index >= 15 is 0 Å². The third-order valence-electron chi connectivity index (χ3n) is 3.64. The van der Waals surface area contributed by atoms with Crippen LogP contribution in [0.2, 0.25) is 0 Å². The van der Waals surface area contributed by atoms with Crippen LogP contribution in [0.1, 0.15) is 12.5 Å². The van der Waals surface area contributed by atoms with E-state index in [0.29, 0.717) is 18.8 Å². The number of anilines is 1. The number of hydrogen-bond donors (Lipinski definition) is 1. The zero-order valence-electron chi connectivity index (χ0n) is 11.4. The lowest BCUT2D eigenvalue weighted by molar-refractivity contribution is 0.159. The summed E-state index contributed by atoms with van der Waals surface area (Å²) >= 11 is 0. The van der Waals surface area contributed by atoms with Crippen LogP contribution in [0.15, 0.2) is 24.3 Å². The van der Waals surface area contributed by atoms with Crippen LogP contribution < -0.4 is 5.73 Å². The van der Waals surface area contributed by atoms with Gasteiger partial charge in [-0.1, -0.05) is 12.1 Å². The monoisotopic (exact) mass is 283 g/mol. The maximum absolute atomic E-state index is 12.4. The molecule has 106 valence electrons. The smallest absolute Gasteiger partial charge is 0.218 e. The Morgan fingerprint density at radius 3 is 2.47 bits per heavy atom. The predicted octanol–water partition coefficient (Wildman–Crippen LogP) is 0.734. The highest BCUT2D eigenvalue weighted by atomic mass is 32.2. The molecule has 2 N–H and O–H groups in total. The Bertz CT molecular complexity index is 527. The normalized spacial score (nSPS) is 22.5. The largest absolute Gasteiger partial charge is 0.399 e. The van der Waals surface area contributed by atoms with Crippen LogP contribution in [0.3, 0.4) is 0 Å². The Balaban J connectivity index is 2.08. The molecule has 1 fully saturated rings. The van der Waals surface area contributed by atoms with E-state index in [9.17, 15) is 8.42 Å². The van der Waals surface area contributed by atoms with Gasteiger partial charge >= 0.3 is 0 Å². The SMILES string of the molecule is CC1CN(S(=O)(=O)Cc2ccc(N)cc2)CCN1C. The number of rotatable bonds is 3. The van der Waals surface area contributed by atoms with E-state index in [4.69, 9.17) is 5.73 Å². The van der Waals surface area contributed by atoms with Gasteiger partial charge in [-0.25, -0.2) is 8.42 Å². The van der Waals surface area contributed by atoms with Gasteiger partial charge in [0.05, 0.1) is 5.75 Å². The summed E-state index contributed by atoms with van der Waals surface area (Å²) in [7, 11) is -1.22. The molecule has 0 saturated carbocycles. The lowest BCUT2D eigenvalue weighted by atomic mass is 10.2. The summed E-state index contributed by atoms with van der Waals surface area (Å²) < 4.78 is 26.3. The molecule has 0 bridgehead atoms. The molecule has 2 rings (SSSR count). The number of hydrogen-bond acceptors (Lipinski definition) is 4. The summed E-state index contributed by atoms with van der Waals surface area (Å²) in [5, 5.41) is 0. The van der Waals surface area contributed by atoms with Gasteiger partial charge in [-0.2, -0.15) is 4.31 Å². The number of sulfonamides is 1. The predicted molar refractivity (Wildman–Crippen MR) is 77.1 cm³/mol. The minimum Gasteiger partial charge on any atom is -0.399 e. The minimum absolute atomic E-state index is 0.0454. The first-order chi connectivity index (χ1) is 8.88. The van der Waals surface area contributed by atoms with Crippen molar-refractivity contribution in [3.05, 3.63) is 29.8 Å². The molecule has 1 saturated heterocycles. The van der Waals surface area contributed by atoms with Gasteiger partial charge in [0.15, 0.2) is 0 Å². The molecule has 6 heteroatoms. The Morgan fingerprint density at radius 2 is 1.89 bits per heavy atom. The van der Waals surface area contributed by atoms with Crippen molar-refractivity contribution in [2.45, 2.75) is 18.7 Å². The molecule has 0 radical (unpaired) electrons. The lowest BCUT2D eigenvalue weighted by Gasteiger charge is -2.36. The molecule has 1 heterocycles. The van der Waals surface area contributed by atoms with Crippen LogP contribution in [0.5, 0.6) is 0 Å². The van der Waals surface area contributed by atoms with Crippen LogP contribution in [-0.2, 0) is 15.8 Å². The van der Waals surface area contributed by atoms with E-state index in [1.807, 2.05) is 14.0 Å². The van der Waals surface area contributed by atoms with Crippen molar-refractivity contribution in [1.29, 1.82) is 0 Å².